The van der Waals surface area contributed by atoms with Crippen LogP contribution in [-0.2, 0) is 5.41 Å². The fraction of sp³-hybridized carbons (Fsp3) is 0.500. The molecule has 4 aliphatic carbocycles. The second-order valence-corrected chi connectivity index (χ2v) is 8.99. The molecule has 0 atom stereocenters. The summed E-state index contributed by atoms with van der Waals surface area (Å²) in [5.74, 6) is 2.71. The molecule has 4 aliphatic rings. The van der Waals surface area contributed by atoms with Crippen LogP contribution in [0.4, 0.5) is 0 Å². The molecule has 1 aromatic heterocycles. The summed E-state index contributed by atoms with van der Waals surface area (Å²) in [5, 5.41) is 12.9. The van der Waals surface area contributed by atoms with Crippen molar-refractivity contribution in [3.8, 4) is 5.69 Å². The van der Waals surface area contributed by atoms with E-state index in [1.165, 1.54) is 44.2 Å². The van der Waals surface area contributed by atoms with Gasteiger partial charge in [0.05, 0.1) is 23.8 Å². The molecule has 0 amide bonds. The number of hydrazone groups is 1. The summed E-state index contributed by atoms with van der Waals surface area (Å²) in [5.41, 5.74) is 11.5. The Morgan fingerprint density at radius 3 is 2.37 bits per heavy atom. The second kappa shape index (κ2) is 6.41. The SMILES string of the molecule is NC(=S)N/N=C/c1ccc(-n2nncc2C23CC4CC(CC(C4)C2)C3)cc1. The summed E-state index contributed by atoms with van der Waals surface area (Å²) < 4.78 is 2.06. The average molecular weight is 381 g/mol. The predicted molar refractivity (Wildman–Crippen MR) is 109 cm³/mol. The lowest BCUT2D eigenvalue weighted by Crippen LogP contribution is -2.49. The number of benzene rings is 1. The topological polar surface area (TPSA) is 81.1 Å². The van der Waals surface area contributed by atoms with Crippen LogP contribution in [0.2, 0.25) is 0 Å². The highest BCUT2D eigenvalue weighted by molar-refractivity contribution is 7.80. The van der Waals surface area contributed by atoms with Crippen LogP contribution < -0.4 is 11.2 Å². The van der Waals surface area contributed by atoms with Crippen LogP contribution in [0.3, 0.4) is 0 Å². The average Bonchev–Trinajstić information content (AvgIpc) is 3.11. The molecule has 6 rings (SSSR count). The van der Waals surface area contributed by atoms with E-state index >= 15 is 0 Å². The van der Waals surface area contributed by atoms with Crippen LogP contribution in [0.1, 0.15) is 49.8 Å². The first kappa shape index (κ1) is 16.9. The van der Waals surface area contributed by atoms with Gasteiger partial charge in [-0.05, 0) is 86.2 Å². The van der Waals surface area contributed by atoms with Crippen molar-refractivity contribution in [2.24, 2.45) is 28.6 Å². The molecule has 140 valence electrons. The fourth-order valence-electron chi connectivity index (χ4n) is 6.08. The summed E-state index contributed by atoms with van der Waals surface area (Å²) in [6, 6.07) is 8.18. The molecule has 0 saturated heterocycles. The molecule has 27 heavy (non-hydrogen) atoms. The van der Waals surface area contributed by atoms with Crippen LogP contribution in [-0.4, -0.2) is 26.3 Å². The normalized spacial score (nSPS) is 31.5. The van der Waals surface area contributed by atoms with Gasteiger partial charge in [0.25, 0.3) is 0 Å². The van der Waals surface area contributed by atoms with E-state index in [-0.39, 0.29) is 10.5 Å². The maximum absolute atomic E-state index is 5.37. The van der Waals surface area contributed by atoms with E-state index in [1.807, 2.05) is 18.3 Å². The van der Waals surface area contributed by atoms with Gasteiger partial charge in [-0.3, -0.25) is 5.43 Å². The Morgan fingerprint density at radius 1 is 1.15 bits per heavy atom. The molecule has 4 saturated carbocycles. The molecule has 1 heterocycles. The first-order valence-electron chi connectivity index (χ1n) is 9.71. The van der Waals surface area contributed by atoms with E-state index in [2.05, 4.69) is 37.7 Å². The van der Waals surface area contributed by atoms with Crippen LogP contribution in [0, 0.1) is 17.8 Å². The summed E-state index contributed by atoms with van der Waals surface area (Å²) in [4.78, 5) is 0. The third kappa shape index (κ3) is 3.04. The number of nitrogens with one attached hydrogen (secondary N) is 1. The monoisotopic (exact) mass is 380 g/mol. The number of thiocarbonyl (C=S) groups is 1. The number of rotatable bonds is 4. The molecule has 0 aliphatic heterocycles. The minimum atomic E-state index is 0.158. The number of hydrogen-bond donors (Lipinski definition) is 2. The summed E-state index contributed by atoms with van der Waals surface area (Å²) in [6.07, 6.45) is 11.9. The van der Waals surface area contributed by atoms with E-state index < -0.39 is 0 Å². The highest BCUT2D eigenvalue weighted by Gasteiger charge is 2.53. The third-order valence-corrected chi connectivity index (χ3v) is 6.75. The van der Waals surface area contributed by atoms with E-state index in [9.17, 15) is 0 Å². The quantitative estimate of drug-likeness (QED) is 0.484. The molecule has 2 aromatic rings. The lowest BCUT2D eigenvalue weighted by atomic mass is 9.49. The van der Waals surface area contributed by atoms with Crippen molar-refractivity contribution < 1.29 is 0 Å². The van der Waals surface area contributed by atoms with Gasteiger partial charge in [-0.1, -0.05) is 17.3 Å². The van der Waals surface area contributed by atoms with Gasteiger partial charge >= 0.3 is 0 Å². The van der Waals surface area contributed by atoms with Crippen molar-refractivity contribution in [3.05, 3.63) is 41.7 Å². The summed E-state index contributed by atoms with van der Waals surface area (Å²) in [7, 11) is 0. The van der Waals surface area contributed by atoms with E-state index in [1.54, 1.807) is 6.21 Å². The van der Waals surface area contributed by atoms with Gasteiger partial charge in [0.2, 0.25) is 0 Å². The fourth-order valence-corrected chi connectivity index (χ4v) is 6.14. The van der Waals surface area contributed by atoms with E-state index in [0.29, 0.717) is 0 Å². The third-order valence-electron chi connectivity index (χ3n) is 6.66. The number of hydrogen-bond acceptors (Lipinski definition) is 4. The molecule has 4 bridgehead atoms. The zero-order valence-corrected chi connectivity index (χ0v) is 16.0. The van der Waals surface area contributed by atoms with Crippen LogP contribution in [0.5, 0.6) is 0 Å². The van der Waals surface area contributed by atoms with Gasteiger partial charge in [0.1, 0.15) is 0 Å². The minimum Gasteiger partial charge on any atom is -0.375 e. The first-order valence-corrected chi connectivity index (χ1v) is 10.1. The van der Waals surface area contributed by atoms with Crippen molar-refractivity contribution in [3.63, 3.8) is 0 Å². The Morgan fingerprint density at radius 2 is 1.78 bits per heavy atom. The largest absolute Gasteiger partial charge is 0.375 e. The van der Waals surface area contributed by atoms with Crippen LogP contribution >= 0.6 is 12.2 Å². The van der Waals surface area contributed by atoms with Crippen molar-refractivity contribution in [1.29, 1.82) is 0 Å². The lowest BCUT2D eigenvalue weighted by molar-refractivity contribution is -0.00827. The van der Waals surface area contributed by atoms with Crippen LogP contribution in [0.15, 0.2) is 35.6 Å². The Balaban J connectivity index is 1.42. The molecule has 0 spiro atoms. The zero-order chi connectivity index (χ0) is 18.4. The van der Waals surface area contributed by atoms with Crippen molar-refractivity contribution in [2.45, 2.75) is 43.9 Å². The van der Waals surface area contributed by atoms with Gasteiger partial charge in [-0.15, -0.1) is 5.10 Å². The molecule has 1 aromatic carbocycles. The maximum Gasteiger partial charge on any atom is 0.184 e. The first-order chi connectivity index (χ1) is 13.1. The molecule has 4 fully saturated rings. The van der Waals surface area contributed by atoms with E-state index in [4.69, 9.17) is 18.0 Å². The summed E-state index contributed by atoms with van der Waals surface area (Å²) >= 11 is 4.74. The molecule has 7 heteroatoms. The number of nitrogens with two attached hydrogens (primary N) is 1. The maximum atomic E-state index is 5.37. The molecule has 6 nitrogen and oxygen atoms in total. The second-order valence-electron chi connectivity index (χ2n) is 8.55. The van der Waals surface area contributed by atoms with Crippen molar-refractivity contribution in [2.75, 3.05) is 0 Å². The van der Waals surface area contributed by atoms with Crippen molar-refractivity contribution >= 4 is 23.5 Å². The van der Waals surface area contributed by atoms with Crippen LogP contribution in [0.25, 0.3) is 5.69 Å². The summed E-state index contributed by atoms with van der Waals surface area (Å²) in [6.45, 7) is 0. The Labute approximate surface area is 164 Å². The van der Waals surface area contributed by atoms with Crippen molar-refractivity contribution in [1.82, 2.24) is 20.4 Å². The standard InChI is InChI=1S/C20H24N6S/c21-19(27)24-22-11-13-1-3-17(4-2-13)26-18(12-23-25-26)20-8-14-5-15(9-20)7-16(6-14)10-20/h1-4,11-12,14-16H,5-10H2,(H3,21,24,27)/b22-11+. The Kier molecular flexibility index (Phi) is 4.00. The molecular weight excluding hydrogens is 356 g/mol. The van der Waals surface area contributed by atoms with Gasteiger partial charge in [0.15, 0.2) is 5.11 Å². The van der Waals surface area contributed by atoms with Gasteiger partial charge in [0, 0.05) is 5.41 Å². The lowest BCUT2D eigenvalue weighted by Gasteiger charge is -2.56. The predicted octanol–water partition coefficient (Wildman–Crippen LogP) is 2.90. The minimum absolute atomic E-state index is 0.158. The van der Waals surface area contributed by atoms with Gasteiger partial charge in [-0.25, -0.2) is 4.68 Å². The number of aromatic nitrogens is 3. The number of nitrogens with zero attached hydrogens (tertiary/aromatic N) is 4. The highest BCUT2D eigenvalue weighted by Crippen LogP contribution is 2.60. The zero-order valence-electron chi connectivity index (χ0n) is 15.2. The van der Waals surface area contributed by atoms with Gasteiger partial charge in [-0.2, -0.15) is 5.10 Å². The smallest absolute Gasteiger partial charge is 0.184 e. The Hall–Kier alpha value is -2.28. The molecule has 3 N–H and O–H groups in total. The molecule has 0 radical (unpaired) electrons. The highest BCUT2D eigenvalue weighted by atomic mass is 32.1. The Bertz CT molecular complexity index is 849. The molecular formula is C20H24N6S. The van der Waals surface area contributed by atoms with Gasteiger partial charge < -0.3 is 5.73 Å². The van der Waals surface area contributed by atoms with E-state index in [0.717, 1.165) is 29.0 Å². The molecule has 0 unspecified atom stereocenters.